The second-order valence-electron chi connectivity index (χ2n) is 5.45. The summed E-state index contributed by atoms with van der Waals surface area (Å²) in [7, 11) is 0. The zero-order chi connectivity index (χ0) is 22.3. The Morgan fingerprint density at radius 3 is 1.17 bits per heavy atom. The highest BCUT2D eigenvalue weighted by Crippen LogP contribution is 2.12. The number of aromatic carboxylic acids is 2. The van der Waals surface area contributed by atoms with Crippen LogP contribution in [-0.2, 0) is 19.1 Å². The maximum Gasteiger partial charge on any atom is 0.346 e. The quantitative estimate of drug-likeness (QED) is 0.406. The first-order valence-electron chi connectivity index (χ1n) is 8.05. The smallest absolute Gasteiger partial charge is 0.346 e. The van der Waals surface area contributed by atoms with Gasteiger partial charge in [0.1, 0.15) is 0 Å². The van der Waals surface area contributed by atoms with Crippen molar-refractivity contribution in [1.29, 1.82) is 0 Å². The van der Waals surface area contributed by atoms with Crippen LogP contribution in [0.15, 0.2) is 60.7 Å². The molecule has 0 spiro atoms. The first-order chi connectivity index (χ1) is 14.2. The molecule has 0 aliphatic rings. The number of hydrogen-bond acceptors (Lipinski definition) is 8. The molecular formula is C20H12O10. The normalized spacial score (nSPS) is 10.3. The molecule has 2 rings (SSSR count). The van der Waals surface area contributed by atoms with Crippen molar-refractivity contribution in [3.8, 4) is 0 Å². The van der Waals surface area contributed by atoms with E-state index in [4.69, 9.17) is 10.2 Å². The van der Waals surface area contributed by atoms with Crippen LogP contribution in [-0.4, -0.2) is 46.0 Å². The summed E-state index contributed by atoms with van der Waals surface area (Å²) in [6.45, 7) is 0. The van der Waals surface area contributed by atoms with E-state index in [0.717, 1.165) is 24.3 Å². The van der Waals surface area contributed by atoms with Gasteiger partial charge in [0.2, 0.25) is 0 Å². The van der Waals surface area contributed by atoms with Crippen LogP contribution in [0.2, 0.25) is 0 Å². The minimum Gasteiger partial charge on any atom is -0.478 e. The highest BCUT2D eigenvalue weighted by Gasteiger charge is 2.20. The number of benzene rings is 2. The van der Waals surface area contributed by atoms with Gasteiger partial charge in [-0.3, -0.25) is 0 Å². The minimum absolute atomic E-state index is 0.380. The molecule has 0 saturated heterocycles. The SMILES string of the molecule is O=C(/C=C\C(=O)OC(=O)c1ccccc1C(=O)O)OC(=O)c1ccccc1C(=O)O. The zero-order valence-electron chi connectivity index (χ0n) is 14.9. The Morgan fingerprint density at radius 1 is 0.567 bits per heavy atom. The van der Waals surface area contributed by atoms with E-state index in [9.17, 15) is 28.8 Å². The molecule has 0 aliphatic heterocycles. The van der Waals surface area contributed by atoms with Crippen molar-refractivity contribution in [2.75, 3.05) is 0 Å². The van der Waals surface area contributed by atoms with E-state index in [2.05, 4.69) is 9.47 Å². The van der Waals surface area contributed by atoms with Crippen LogP contribution in [0, 0.1) is 0 Å². The summed E-state index contributed by atoms with van der Waals surface area (Å²) in [5.74, 6) is -7.99. The van der Waals surface area contributed by atoms with Crippen LogP contribution in [0.3, 0.4) is 0 Å². The predicted octanol–water partition coefficient (Wildman–Crippen LogP) is 1.71. The molecule has 0 unspecified atom stereocenters. The molecule has 2 N–H and O–H groups in total. The van der Waals surface area contributed by atoms with Crippen LogP contribution < -0.4 is 0 Å². The maximum absolute atomic E-state index is 11.9. The van der Waals surface area contributed by atoms with Crippen LogP contribution >= 0.6 is 0 Å². The van der Waals surface area contributed by atoms with Gasteiger partial charge in [0.25, 0.3) is 0 Å². The molecule has 0 aromatic heterocycles. The third-order valence-electron chi connectivity index (χ3n) is 3.50. The molecule has 30 heavy (non-hydrogen) atoms. The van der Waals surface area contributed by atoms with Gasteiger partial charge >= 0.3 is 35.8 Å². The average Bonchev–Trinajstić information content (AvgIpc) is 2.72. The fourth-order valence-corrected chi connectivity index (χ4v) is 2.19. The summed E-state index contributed by atoms with van der Waals surface area (Å²) >= 11 is 0. The first kappa shape index (κ1) is 21.7. The molecule has 152 valence electrons. The Labute approximate surface area is 168 Å². The number of carbonyl (C=O) groups is 6. The lowest BCUT2D eigenvalue weighted by molar-refractivity contribution is -0.135. The van der Waals surface area contributed by atoms with Gasteiger partial charge in [-0.1, -0.05) is 24.3 Å². The Balaban J connectivity index is 2.01. The number of ether oxygens (including phenoxy) is 2. The van der Waals surface area contributed by atoms with Crippen molar-refractivity contribution >= 4 is 35.8 Å². The third kappa shape index (κ3) is 5.45. The molecule has 0 atom stereocenters. The predicted molar refractivity (Wildman–Crippen MR) is 96.8 cm³/mol. The van der Waals surface area contributed by atoms with E-state index in [1.54, 1.807) is 0 Å². The van der Waals surface area contributed by atoms with Crippen molar-refractivity contribution in [2.45, 2.75) is 0 Å². The van der Waals surface area contributed by atoms with E-state index in [1.165, 1.54) is 24.3 Å². The molecule has 10 nitrogen and oxygen atoms in total. The van der Waals surface area contributed by atoms with Gasteiger partial charge in [-0.2, -0.15) is 0 Å². The summed E-state index contributed by atoms with van der Waals surface area (Å²) in [6.07, 6.45) is 0.972. The van der Waals surface area contributed by atoms with Gasteiger partial charge < -0.3 is 19.7 Å². The fraction of sp³-hybridized carbons (Fsp3) is 0. The molecule has 0 heterocycles. The van der Waals surface area contributed by atoms with E-state index in [1.807, 2.05) is 0 Å². The van der Waals surface area contributed by atoms with Crippen molar-refractivity contribution in [3.05, 3.63) is 82.9 Å². The molecule has 0 aliphatic carbocycles. The number of carboxylic acids is 2. The van der Waals surface area contributed by atoms with Crippen LogP contribution in [0.4, 0.5) is 0 Å². The minimum atomic E-state index is -1.41. The molecule has 0 saturated carbocycles. The number of hydrogen-bond donors (Lipinski definition) is 2. The summed E-state index contributed by atoms with van der Waals surface area (Å²) < 4.78 is 8.84. The molecule has 0 fully saturated rings. The highest BCUT2D eigenvalue weighted by molar-refractivity contribution is 6.09. The summed E-state index contributed by atoms with van der Waals surface area (Å²) in [6, 6.07) is 10.0. The van der Waals surface area contributed by atoms with E-state index < -0.39 is 35.8 Å². The largest absolute Gasteiger partial charge is 0.478 e. The van der Waals surface area contributed by atoms with Gasteiger partial charge in [-0.05, 0) is 24.3 Å². The third-order valence-corrected chi connectivity index (χ3v) is 3.50. The molecule has 0 bridgehead atoms. The Kier molecular flexibility index (Phi) is 6.91. The topological polar surface area (TPSA) is 161 Å². The van der Waals surface area contributed by atoms with Crippen molar-refractivity contribution in [1.82, 2.24) is 0 Å². The molecule has 10 heteroatoms. The van der Waals surface area contributed by atoms with Gasteiger partial charge in [0.05, 0.1) is 22.3 Å². The summed E-state index contributed by atoms with van der Waals surface area (Å²) in [5.41, 5.74) is -1.53. The summed E-state index contributed by atoms with van der Waals surface area (Å²) in [4.78, 5) is 69.3. The number of carboxylic acid groups (broad SMARTS) is 2. The lowest BCUT2D eigenvalue weighted by Crippen LogP contribution is -2.16. The average molecular weight is 412 g/mol. The zero-order valence-corrected chi connectivity index (χ0v) is 14.9. The maximum atomic E-state index is 11.9. The van der Waals surface area contributed by atoms with Crippen molar-refractivity contribution < 1.29 is 48.5 Å². The van der Waals surface area contributed by atoms with Crippen LogP contribution in [0.1, 0.15) is 41.4 Å². The highest BCUT2D eigenvalue weighted by atomic mass is 16.6. The van der Waals surface area contributed by atoms with E-state index >= 15 is 0 Å². The first-order valence-corrected chi connectivity index (χ1v) is 8.05. The molecule has 0 amide bonds. The Hall–Kier alpha value is -4.60. The fourth-order valence-electron chi connectivity index (χ4n) is 2.19. The number of rotatable bonds is 6. The van der Waals surface area contributed by atoms with Gasteiger partial charge in [0, 0.05) is 12.2 Å². The molecule has 2 aromatic carbocycles. The molecule has 2 aromatic rings. The lowest BCUT2D eigenvalue weighted by atomic mass is 10.1. The number of carbonyl (C=O) groups excluding carboxylic acids is 4. The monoisotopic (exact) mass is 412 g/mol. The molecule has 0 radical (unpaired) electrons. The van der Waals surface area contributed by atoms with Crippen LogP contribution in [0.25, 0.3) is 0 Å². The van der Waals surface area contributed by atoms with E-state index in [0.29, 0.717) is 12.2 Å². The van der Waals surface area contributed by atoms with E-state index in [-0.39, 0.29) is 22.3 Å². The second kappa shape index (κ2) is 9.55. The van der Waals surface area contributed by atoms with Crippen LogP contribution in [0.5, 0.6) is 0 Å². The standard InChI is InChI=1S/C20H12O10/c21-15(29-19(27)13-7-3-1-5-11(13)17(23)24)9-10-16(22)30-20(28)14-8-4-2-6-12(14)18(25)26/h1-10H,(H,23,24)(H,25,26)/b10-9-. The summed E-state index contributed by atoms with van der Waals surface area (Å²) in [5, 5.41) is 18.0. The van der Waals surface area contributed by atoms with Gasteiger partial charge in [0.15, 0.2) is 0 Å². The van der Waals surface area contributed by atoms with Gasteiger partial charge in [-0.25, -0.2) is 28.8 Å². The second-order valence-corrected chi connectivity index (χ2v) is 5.45. The van der Waals surface area contributed by atoms with Crippen molar-refractivity contribution in [3.63, 3.8) is 0 Å². The molecular weight excluding hydrogens is 400 g/mol. The number of esters is 4. The lowest BCUT2D eigenvalue weighted by Gasteiger charge is -2.04. The Bertz CT molecular complexity index is 995. The van der Waals surface area contributed by atoms with Gasteiger partial charge in [-0.15, -0.1) is 0 Å². The Morgan fingerprint density at radius 2 is 0.867 bits per heavy atom. The van der Waals surface area contributed by atoms with Crippen molar-refractivity contribution in [2.24, 2.45) is 0 Å².